The number of fused-ring (bicyclic) bond motifs is 1. The molecular formula is C9H9F5N2. The minimum absolute atomic E-state index is 0.0337. The number of hydrogen-bond acceptors (Lipinski definition) is 2. The van der Waals surface area contributed by atoms with E-state index in [9.17, 15) is 22.0 Å². The van der Waals surface area contributed by atoms with E-state index in [2.05, 4.69) is 5.32 Å². The van der Waals surface area contributed by atoms with Gasteiger partial charge in [-0.25, -0.2) is 0 Å². The molecule has 2 rings (SSSR count). The Hall–Kier alpha value is -1.14. The average molecular weight is 240 g/mol. The van der Waals surface area contributed by atoms with E-state index in [-0.39, 0.29) is 6.42 Å². The quantitative estimate of drug-likeness (QED) is 0.564. The number of rotatable bonds is 2. The highest BCUT2D eigenvalue weighted by atomic mass is 19.4. The molecule has 0 heterocycles. The molecular weight excluding hydrogens is 231 g/mol. The highest BCUT2D eigenvalue weighted by Gasteiger charge is 2.67. The first-order chi connectivity index (χ1) is 7.21. The van der Waals surface area contributed by atoms with Crippen molar-refractivity contribution in [2.24, 2.45) is 11.8 Å². The molecule has 0 amide bonds. The fourth-order valence-electron chi connectivity index (χ4n) is 2.23. The van der Waals surface area contributed by atoms with Gasteiger partial charge in [-0.05, 0) is 12.3 Å². The van der Waals surface area contributed by atoms with Gasteiger partial charge < -0.3 is 5.32 Å². The Balaban J connectivity index is 2.43. The highest BCUT2D eigenvalue weighted by Crippen LogP contribution is 2.62. The van der Waals surface area contributed by atoms with E-state index < -0.39 is 40.9 Å². The lowest BCUT2D eigenvalue weighted by molar-refractivity contribution is -0.0592. The second kappa shape index (κ2) is 2.95. The summed E-state index contributed by atoms with van der Waals surface area (Å²) in [6.45, 7) is 0. The summed E-state index contributed by atoms with van der Waals surface area (Å²) in [4.78, 5) is 0. The predicted molar refractivity (Wildman–Crippen MR) is 46.4 cm³/mol. The summed E-state index contributed by atoms with van der Waals surface area (Å²) in [5, 5.41) is 9.06. The predicted octanol–water partition coefficient (Wildman–Crippen LogP) is 2.33. The molecule has 0 aromatic rings. The van der Waals surface area contributed by atoms with Crippen LogP contribution >= 0.6 is 0 Å². The molecule has 2 atom stereocenters. The maximum atomic E-state index is 13.5. The minimum Gasteiger partial charge on any atom is -0.386 e. The lowest BCUT2D eigenvalue weighted by atomic mass is 10.0. The zero-order valence-corrected chi connectivity index (χ0v) is 8.25. The fraction of sp³-hybridized carbons (Fsp3) is 0.667. The molecule has 0 aromatic heterocycles. The standard InChI is InChI=1S/C9H9F5N2/c1-16-7-5(6(15)9(12,13)14)3-2-4(3)8(7,10)11/h3-4,15-16H,2H2,1H3. The SMILES string of the molecule is CNC1=C(C(=N)C(F)(F)F)C2CC2C1(F)F. The first kappa shape index (κ1) is 11.3. The molecule has 0 saturated heterocycles. The summed E-state index contributed by atoms with van der Waals surface area (Å²) < 4.78 is 63.9. The van der Waals surface area contributed by atoms with Crippen molar-refractivity contribution in [2.45, 2.75) is 18.5 Å². The first-order valence-electron chi connectivity index (χ1n) is 4.67. The van der Waals surface area contributed by atoms with Crippen LogP contribution in [0.2, 0.25) is 0 Å². The van der Waals surface area contributed by atoms with E-state index in [1.54, 1.807) is 0 Å². The van der Waals surface area contributed by atoms with Crippen molar-refractivity contribution in [1.29, 1.82) is 5.41 Å². The number of allylic oxidation sites excluding steroid dienone is 2. The molecule has 0 aliphatic heterocycles. The van der Waals surface area contributed by atoms with E-state index >= 15 is 0 Å². The van der Waals surface area contributed by atoms with Gasteiger partial charge >= 0.3 is 6.18 Å². The van der Waals surface area contributed by atoms with Crippen LogP contribution in [0.3, 0.4) is 0 Å². The molecule has 2 nitrogen and oxygen atoms in total. The summed E-state index contributed by atoms with van der Waals surface area (Å²) in [5.74, 6) is -5.13. The second-order valence-electron chi connectivity index (χ2n) is 3.98. The Morgan fingerprint density at radius 3 is 2.44 bits per heavy atom. The molecule has 2 aliphatic rings. The third kappa shape index (κ3) is 1.33. The van der Waals surface area contributed by atoms with Gasteiger partial charge in [0.2, 0.25) is 0 Å². The van der Waals surface area contributed by atoms with Crippen molar-refractivity contribution in [3.63, 3.8) is 0 Å². The molecule has 16 heavy (non-hydrogen) atoms. The number of halogens is 5. The van der Waals surface area contributed by atoms with E-state index in [4.69, 9.17) is 5.41 Å². The van der Waals surface area contributed by atoms with Crippen LogP contribution in [0.5, 0.6) is 0 Å². The summed E-state index contributed by atoms with van der Waals surface area (Å²) in [5.41, 5.74) is -2.96. The Morgan fingerprint density at radius 1 is 1.44 bits per heavy atom. The van der Waals surface area contributed by atoms with Gasteiger partial charge in [0.05, 0.1) is 5.70 Å². The molecule has 90 valence electrons. The van der Waals surface area contributed by atoms with Crippen LogP contribution in [-0.4, -0.2) is 24.9 Å². The number of nitrogens with one attached hydrogen (secondary N) is 2. The van der Waals surface area contributed by atoms with Gasteiger partial charge in [-0.1, -0.05) is 0 Å². The van der Waals surface area contributed by atoms with Gasteiger partial charge in [-0.2, -0.15) is 22.0 Å². The van der Waals surface area contributed by atoms with Crippen molar-refractivity contribution in [1.82, 2.24) is 5.32 Å². The largest absolute Gasteiger partial charge is 0.433 e. The van der Waals surface area contributed by atoms with Gasteiger partial charge in [0, 0.05) is 18.5 Å². The first-order valence-corrected chi connectivity index (χ1v) is 4.67. The molecule has 2 unspecified atom stereocenters. The van der Waals surface area contributed by atoms with Crippen LogP contribution in [0.15, 0.2) is 11.3 Å². The zero-order valence-electron chi connectivity index (χ0n) is 8.25. The molecule has 1 saturated carbocycles. The summed E-state index contributed by atoms with van der Waals surface area (Å²) in [6.07, 6.45) is -4.84. The van der Waals surface area contributed by atoms with Crippen LogP contribution in [0, 0.1) is 17.2 Å². The molecule has 0 radical (unpaired) electrons. The summed E-state index contributed by atoms with van der Waals surface area (Å²) in [7, 11) is 1.15. The topological polar surface area (TPSA) is 35.9 Å². The smallest absolute Gasteiger partial charge is 0.386 e. The van der Waals surface area contributed by atoms with Crippen LogP contribution in [0.25, 0.3) is 0 Å². The number of alkyl halides is 5. The average Bonchev–Trinajstić information content (AvgIpc) is 2.86. The van der Waals surface area contributed by atoms with Gasteiger partial charge in [0.1, 0.15) is 5.71 Å². The molecule has 2 aliphatic carbocycles. The van der Waals surface area contributed by atoms with Crippen LogP contribution in [0.4, 0.5) is 22.0 Å². The van der Waals surface area contributed by atoms with Crippen LogP contribution in [-0.2, 0) is 0 Å². The van der Waals surface area contributed by atoms with E-state index in [0.29, 0.717) is 0 Å². The van der Waals surface area contributed by atoms with E-state index in [1.165, 1.54) is 0 Å². The van der Waals surface area contributed by atoms with Crippen molar-refractivity contribution in [3.8, 4) is 0 Å². The minimum atomic E-state index is -4.87. The summed E-state index contributed by atoms with van der Waals surface area (Å²) in [6, 6.07) is 0. The molecule has 7 heteroatoms. The maximum absolute atomic E-state index is 13.5. The fourth-order valence-corrected chi connectivity index (χ4v) is 2.23. The van der Waals surface area contributed by atoms with Gasteiger partial charge in [0.15, 0.2) is 0 Å². The van der Waals surface area contributed by atoms with Gasteiger partial charge in [0.25, 0.3) is 5.92 Å². The van der Waals surface area contributed by atoms with Crippen molar-refractivity contribution < 1.29 is 22.0 Å². The van der Waals surface area contributed by atoms with E-state index in [0.717, 1.165) is 7.05 Å². The Labute approximate surface area is 88.0 Å². The maximum Gasteiger partial charge on any atom is 0.433 e. The Bertz CT molecular complexity index is 382. The van der Waals surface area contributed by atoms with Crippen molar-refractivity contribution in [2.75, 3.05) is 7.05 Å². The lowest BCUT2D eigenvalue weighted by Crippen LogP contribution is -2.32. The lowest BCUT2D eigenvalue weighted by Gasteiger charge is -2.18. The van der Waals surface area contributed by atoms with Gasteiger partial charge in [-0.3, -0.25) is 5.41 Å². The molecule has 0 aromatic carbocycles. The highest BCUT2D eigenvalue weighted by molar-refractivity contribution is 6.04. The van der Waals surface area contributed by atoms with Crippen molar-refractivity contribution >= 4 is 5.71 Å². The van der Waals surface area contributed by atoms with Crippen molar-refractivity contribution in [3.05, 3.63) is 11.3 Å². The molecule has 0 bridgehead atoms. The number of hydrogen-bond donors (Lipinski definition) is 2. The van der Waals surface area contributed by atoms with Gasteiger partial charge in [-0.15, -0.1) is 0 Å². The Kier molecular flexibility index (Phi) is 2.09. The van der Waals surface area contributed by atoms with Crippen LogP contribution in [0.1, 0.15) is 6.42 Å². The molecule has 0 spiro atoms. The summed E-state index contributed by atoms with van der Waals surface area (Å²) >= 11 is 0. The normalized spacial score (nSPS) is 31.4. The second-order valence-corrected chi connectivity index (χ2v) is 3.98. The monoisotopic (exact) mass is 240 g/mol. The third-order valence-electron chi connectivity index (χ3n) is 3.03. The molecule has 2 N–H and O–H groups in total. The Morgan fingerprint density at radius 2 is 2.00 bits per heavy atom. The molecule has 1 fully saturated rings. The van der Waals surface area contributed by atoms with E-state index in [1.807, 2.05) is 0 Å². The zero-order chi connectivity index (χ0) is 12.3. The third-order valence-corrected chi connectivity index (χ3v) is 3.03. The van der Waals surface area contributed by atoms with Crippen LogP contribution < -0.4 is 5.32 Å².